The van der Waals surface area contributed by atoms with Crippen molar-refractivity contribution in [3.63, 3.8) is 0 Å². The largest absolute Gasteiger partial charge is 0.454 e. The first kappa shape index (κ1) is 25.2. The molecule has 2 N–H and O–H groups in total. The van der Waals surface area contributed by atoms with Crippen molar-refractivity contribution < 1.29 is 33.4 Å². The van der Waals surface area contributed by atoms with Crippen molar-refractivity contribution in [3.8, 4) is 12.1 Å². The number of benzene rings is 2. The van der Waals surface area contributed by atoms with Crippen molar-refractivity contribution in [2.75, 3.05) is 23.8 Å². The molecule has 172 valence electrons. The van der Waals surface area contributed by atoms with Crippen molar-refractivity contribution in [1.29, 1.82) is 10.5 Å². The van der Waals surface area contributed by atoms with Gasteiger partial charge in [0.25, 0.3) is 0 Å². The number of hydrogen-bond donors (Lipinski definition) is 2. The van der Waals surface area contributed by atoms with E-state index in [1.165, 1.54) is 48.5 Å². The molecule has 11 nitrogen and oxygen atoms in total. The number of nitrogens with zero attached hydrogens (tertiary/aromatic N) is 2. The fourth-order valence-corrected chi connectivity index (χ4v) is 2.43. The minimum Gasteiger partial charge on any atom is -0.454 e. The maximum Gasteiger partial charge on any atom is 0.338 e. The molecule has 0 aliphatic rings. The third-order valence-electron chi connectivity index (χ3n) is 4.02. The van der Waals surface area contributed by atoms with Crippen LogP contribution < -0.4 is 10.6 Å². The fourth-order valence-electron chi connectivity index (χ4n) is 2.43. The summed E-state index contributed by atoms with van der Waals surface area (Å²) < 4.78 is 9.77. The van der Waals surface area contributed by atoms with E-state index < -0.39 is 42.7 Å². The Hall–Kier alpha value is -5.03. The van der Waals surface area contributed by atoms with Crippen LogP contribution >= 0.6 is 0 Å². The molecule has 11 heteroatoms. The molecule has 0 spiro atoms. The van der Waals surface area contributed by atoms with E-state index in [1.54, 1.807) is 12.1 Å². The lowest BCUT2D eigenvalue weighted by atomic mass is 10.2. The first-order chi connectivity index (χ1) is 16.3. The van der Waals surface area contributed by atoms with Crippen LogP contribution in [0.4, 0.5) is 11.4 Å². The summed E-state index contributed by atoms with van der Waals surface area (Å²) in [6, 6.07) is 14.7. The molecule has 0 heterocycles. The first-order valence-electron chi connectivity index (χ1n) is 9.72. The van der Waals surface area contributed by atoms with Gasteiger partial charge >= 0.3 is 11.9 Å². The molecule has 0 aliphatic carbocycles. The lowest BCUT2D eigenvalue weighted by molar-refractivity contribution is -0.125. The van der Waals surface area contributed by atoms with Gasteiger partial charge in [-0.1, -0.05) is 0 Å². The van der Waals surface area contributed by atoms with Crippen molar-refractivity contribution in [1.82, 2.24) is 0 Å². The first-order valence-corrected chi connectivity index (χ1v) is 9.72. The number of nitriles is 2. The van der Waals surface area contributed by atoms with Gasteiger partial charge in [0, 0.05) is 11.4 Å². The summed E-state index contributed by atoms with van der Waals surface area (Å²) in [4.78, 5) is 58.7. The van der Waals surface area contributed by atoms with Crippen molar-refractivity contribution in [2.24, 2.45) is 0 Å². The highest BCUT2D eigenvalue weighted by molar-refractivity contribution is 5.96. The summed E-state index contributed by atoms with van der Waals surface area (Å²) in [6.07, 6.45) is -0.604. The summed E-state index contributed by atoms with van der Waals surface area (Å²) in [6.45, 7) is -1.23. The van der Waals surface area contributed by atoms with Crippen LogP contribution in [-0.4, -0.2) is 42.7 Å². The lowest BCUT2D eigenvalue weighted by Gasteiger charge is -2.07. The van der Waals surface area contributed by atoms with Crippen LogP contribution in [0.25, 0.3) is 0 Å². The zero-order valence-corrected chi connectivity index (χ0v) is 17.7. The molecule has 0 aromatic heterocycles. The quantitative estimate of drug-likeness (QED) is 0.500. The Bertz CT molecular complexity index is 1070. The van der Waals surface area contributed by atoms with Crippen LogP contribution in [0.1, 0.15) is 33.6 Å². The monoisotopic (exact) mass is 462 g/mol. The SMILES string of the molecule is N#CCC(=O)Nc1ccc(C(=O)OCC(=O)COC(=O)c2ccc(NC(=O)CC#N)cc2)cc1. The molecule has 0 atom stereocenters. The third kappa shape index (κ3) is 8.24. The number of anilines is 2. The smallest absolute Gasteiger partial charge is 0.338 e. The molecule has 0 radical (unpaired) electrons. The van der Waals surface area contributed by atoms with E-state index in [2.05, 4.69) is 10.6 Å². The van der Waals surface area contributed by atoms with E-state index in [4.69, 9.17) is 20.0 Å². The predicted molar refractivity (Wildman–Crippen MR) is 116 cm³/mol. The Morgan fingerprint density at radius 2 is 1.00 bits per heavy atom. The van der Waals surface area contributed by atoms with Gasteiger partial charge in [-0.25, -0.2) is 9.59 Å². The molecule has 0 unspecified atom stereocenters. The highest BCUT2D eigenvalue weighted by Gasteiger charge is 2.14. The number of nitrogens with one attached hydrogen (secondary N) is 2. The molecule has 2 rings (SSSR count). The summed E-state index contributed by atoms with van der Waals surface area (Å²) in [5.74, 6) is -3.21. The van der Waals surface area contributed by atoms with Crippen LogP contribution in [0.5, 0.6) is 0 Å². The summed E-state index contributed by atoms with van der Waals surface area (Å²) in [7, 11) is 0. The van der Waals surface area contributed by atoms with E-state index in [0.717, 1.165) is 0 Å². The number of hydrogen-bond acceptors (Lipinski definition) is 9. The molecule has 0 bridgehead atoms. The Morgan fingerprint density at radius 3 is 1.32 bits per heavy atom. The number of Topliss-reactive ketones (excluding diaryl/α,β-unsaturated/α-hetero) is 1. The zero-order chi connectivity index (χ0) is 24.9. The van der Waals surface area contributed by atoms with E-state index >= 15 is 0 Å². The third-order valence-corrected chi connectivity index (χ3v) is 4.02. The van der Waals surface area contributed by atoms with Crippen LogP contribution in [0.3, 0.4) is 0 Å². The van der Waals surface area contributed by atoms with Gasteiger partial charge in [0.1, 0.15) is 12.8 Å². The van der Waals surface area contributed by atoms with Crippen molar-refractivity contribution in [2.45, 2.75) is 12.8 Å². The number of rotatable bonds is 10. The van der Waals surface area contributed by atoms with Crippen molar-refractivity contribution in [3.05, 3.63) is 59.7 Å². The van der Waals surface area contributed by atoms with Gasteiger partial charge < -0.3 is 20.1 Å². The molecule has 0 aliphatic heterocycles. The topological polar surface area (TPSA) is 175 Å². The Morgan fingerprint density at radius 1 is 0.647 bits per heavy atom. The predicted octanol–water partition coefficient (Wildman–Crippen LogP) is 1.97. The van der Waals surface area contributed by atoms with Gasteiger partial charge in [-0.05, 0) is 48.5 Å². The van der Waals surface area contributed by atoms with Crippen LogP contribution in [0.2, 0.25) is 0 Å². The van der Waals surface area contributed by atoms with Gasteiger partial charge in [-0.15, -0.1) is 0 Å². The highest BCUT2D eigenvalue weighted by atomic mass is 16.6. The normalized spacial score (nSPS) is 9.59. The lowest BCUT2D eigenvalue weighted by Crippen LogP contribution is -2.20. The second kappa shape index (κ2) is 12.7. The van der Waals surface area contributed by atoms with Crippen molar-refractivity contribution >= 4 is 40.9 Å². The molecular weight excluding hydrogens is 444 g/mol. The highest BCUT2D eigenvalue weighted by Crippen LogP contribution is 2.12. The van der Waals surface area contributed by atoms with E-state index in [1.807, 2.05) is 0 Å². The summed E-state index contributed by atoms with van der Waals surface area (Å²) in [5.41, 5.74) is 1.03. The number of ketones is 1. The van der Waals surface area contributed by atoms with Gasteiger partial charge in [-0.2, -0.15) is 10.5 Å². The second-order valence-corrected chi connectivity index (χ2v) is 6.61. The van der Waals surface area contributed by atoms with E-state index in [0.29, 0.717) is 11.4 Å². The molecule has 0 saturated carbocycles. The number of esters is 2. The van der Waals surface area contributed by atoms with Gasteiger partial charge in [-0.3, -0.25) is 14.4 Å². The average molecular weight is 462 g/mol. The Kier molecular flexibility index (Phi) is 9.45. The van der Waals surface area contributed by atoms with Gasteiger partial charge in [0.05, 0.1) is 23.3 Å². The molecule has 0 saturated heterocycles. The minimum atomic E-state index is -0.788. The maximum atomic E-state index is 12.0. The molecule has 0 fully saturated rings. The van der Waals surface area contributed by atoms with Crippen LogP contribution in [0, 0.1) is 22.7 Å². The van der Waals surface area contributed by atoms with Crippen LogP contribution in [0.15, 0.2) is 48.5 Å². The Balaban J connectivity index is 1.76. The van der Waals surface area contributed by atoms with Crippen LogP contribution in [-0.2, 0) is 23.9 Å². The standard InChI is InChI=1S/C23H18N4O7/c24-11-9-20(29)26-17-5-1-15(2-6-17)22(31)33-13-19(28)14-34-23(32)16-3-7-18(8-4-16)27-21(30)10-12-25/h1-8H,9-10,13-14H2,(H,26,29)(H,27,30). The number of amides is 2. The van der Waals surface area contributed by atoms with E-state index in [-0.39, 0.29) is 24.0 Å². The number of ether oxygens (including phenoxy) is 2. The summed E-state index contributed by atoms with van der Waals surface area (Å²) >= 11 is 0. The molecule has 2 aromatic rings. The number of carbonyl (C=O) groups excluding carboxylic acids is 5. The van der Waals surface area contributed by atoms with Gasteiger partial charge in [0.15, 0.2) is 13.2 Å². The summed E-state index contributed by atoms with van der Waals surface area (Å²) in [5, 5.41) is 21.9. The van der Waals surface area contributed by atoms with Gasteiger partial charge in [0.2, 0.25) is 17.6 Å². The number of carbonyl (C=O) groups is 5. The Labute approximate surface area is 193 Å². The zero-order valence-electron chi connectivity index (χ0n) is 17.7. The molecule has 2 aromatic carbocycles. The second-order valence-electron chi connectivity index (χ2n) is 6.61. The minimum absolute atomic E-state index is 0.130. The average Bonchev–Trinajstić information content (AvgIpc) is 2.82. The maximum absolute atomic E-state index is 12.0. The molecule has 2 amide bonds. The van der Waals surface area contributed by atoms with E-state index in [9.17, 15) is 24.0 Å². The molecule has 34 heavy (non-hydrogen) atoms. The molecular formula is C23H18N4O7. The fraction of sp³-hybridized carbons (Fsp3) is 0.174.